The second-order valence-corrected chi connectivity index (χ2v) is 15.2. The van der Waals surface area contributed by atoms with Gasteiger partial charge in [0.25, 0.3) is 17.7 Å². The molecule has 0 aromatic rings. The van der Waals surface area contributed by atoms with Gasteiger partial charge in [-0.3, -0.25) is 19.2 Å². The lowest BCUT2D eigenvalue weighted by Gasteiger charge is -2.29. The number of amides is 4. The highest BCUT2D eigenvalue weighted by atomic mass is 16.6. The van der Waals surface area contributed by atoms with Gasteiger partial charge in [-0.15, -0.1) is 0 Å². The number of esters is 3. The molecule has 0 radical (unpaired) electrons. The number of carbonyl (C=O) groups is 8. The zero-order valence-electron chi connectivity index (χ0n) is 33.5. The van der Waals surface area contributed by atoms with Gasteiger partial charge in [0, 0.05) is 0 Å². The Morgan fingerprint density at radius 2 is 0.679 bits per heavy atom. The zero-order valence-corrected chi connectivity index (χ0v) is 33.5. The summed E-state index contributed by atoms with van der Waals surface area (Å²) in [7, 11) is 0. The molecule has 0 aliphatic rings. The standard InChI is InChI=1S/C36H62N4O13/c1-15(2)23(33(46)47)37-31(44)27(19(9)10)52-36(50)26(18(7)8)39-30(43)22(14)51-34(48)24(16(3)4)40-32(45)28(20(11)12)53-35(49)25(17(5)6)38-29(42)21(13)41/h15-28,41H,1-14H3,(H,37,44)(H,38,42)(H,39,43)(H,40,45)(H,46,47). The molecule has 0 heterocycles. The Balaban J connectivity index is 5.84. The number of ether oxygens (including phenoxy) is 3. The molecule has 53 heavy (non-hydrogen) atoms. The second kappa shape index (κ2) is 22.1. The zero-order chi connectivity index (χ0) is 41.7. The Morgan fingerprint density at radius 1 is 0.396 bits per heavy atom. The van der Waals surface area contributed by atoms with Gasteiger partial charge in [-0.1, -0.05) is 83.1 Å². The summed E-state index contributed by atoms with van der Waals surface area (Å²) in [6, 6.07) is -4.99. The molecule has 0 saturated carbocycles. The number of carbonyl (C=O) groups excluding carboxylic acids is 7. The van der Waals surface area contributed by atoms with Crippen LogP contribution in [0.2, 0.25) is 0 Å². The van der Waals surface area contributed by atoms with Crippen molar-refractivity contribution in [1.82, 2.24) is 21.3 Å². The van der Waals surface area contributed by atoms with Crippen molar-refractivity contribution in [2.24, 2.45) is 35.5 Å². The Kier molecular flexibility index (Phi) is 20.3. The topological polar surface area (TPSA) is 253 Å². The molecule has 4 amide bonds. The highest BCUT2D eigenvalue weighted by Gasteiger charge is 2.38. The highest BCUT2D eigenvalue weighted by molar-refractivity contribution is 5.93. The Bertz CT molecular complexity index is 1300. The summed E-state index contributed by atoms with van der Waals surface area (Å²) in [6.07, 6.45) is -5.62. The van der Waals surface area contributed by atoms with Crippen molar-refractivity contribution in [3.8, 4) is 0 Å². The van der Waals surface area contributed by atoms with Crippen LogP contribution in [0.3, 0.4) is 0 Å². The van der Waals surface area contributed by atoms with Crippen molar-refractivity contribution in [2.75, 3.05) is 0 Å². The van der Waals surface area contributed by atoms with Crippen LogP contribution in [-0.4, -0.2) is 106 Å². The lowest BCUT2D eigenvalue weighted by atomic mass is 10.0. The summed E-state index contributed by atoms with van der Waals surface area (Å²) in [5.74, 6) is -10.6. The fraction of sp³-hybridized carbons (Fsp3) is 0.778. The third-order valence-corrected chi connectivity index (χ3v) is 8.14. The van der Waals surface area contributed by atoms with E-state index in [1.54, 1.807) is 83.1 Å². The summed E-state index contributed by atoms with van der Waals surface area (Å²) >= 11 is 0. The molecule has 0 fully saturated rings. The normalized spacial score (nSPS) is 16.2. The molecule has 0 aromatic carbocycles. The van der Waals surface area contributed by atoms with E-state index in [2.05, 4.69) is 21.3 Å². The van der Waals surface area contributed by atoms with Crippen molar-refractivity contribution >= 4 is 47.5 Å². The van der Waals surface area contributed by atoms with Gasteiger partial charge in [-0.2, -0.15) is 0 Å². The van der Waals surface area contributed by atoms with Crippen molar-refractivity contribution in [3.63, 3.8) is 0 Å². The molecule has 0 spiro atoms. The molecule has 0 aromatic heterocycles. The van der Waals surface area contributed by atoms with Crippen LogP contribution in [0, 0.1) is 35.5 Å². The fourth-order valence-corrected chi connectivity index (χ4v) is 4.70. The van der Waals surface area contributed by atoms with Crippen LogP contribution >= 0.6 is 0 Å². The van der Waals surface area contributed by atoms with Crippen LogP contribution < -0.4 is 21.3 Å². The van der Waals surface area contributed by atoms with Gasteiger partial charge in [0.15, 0.2) is 18.3 Å². The first kappa shape index (κ1) is 48.7. The number of aliphatic carboxylic acids is 1. The summed E-state index contributed by atoms with van der Waals surface area (Å²) in [5, 5.41) is 28.8. The smallest absolute Gasteiger partial charge is 0.329 e. The number of carboxylic acids is 1. The van der Waals surface area contributed by atoms with E-state index < -0.39 is 132 Å². The maximum absolute atomic E-state index is 13.4. The Labute approximate surface area is 312 Å². The van der Waals surface area contributed by atoms with E-state index in [9.17, 15) is 48.6 Å². The van der Waals surface area contributed by atoms with Crippen molar-refractivity contribution in [2.45, 2.75) is 146 Å². The molecular weight excluding hydrogens is 696 g/mol. The molecule has 0 aliphatic heterocycles. The first-order valence-electron chi connectivity index (χ1n) is 18.0. The molecule has 8 unspecified atom stereocenters. The summed E-state index contributed by atoms with van der Waals surface area (Å²) in [6.45, 7) is 21.8. The molecule has 8 atom stereocenters. The van der Waals surface area contributed by atoms with Gasteiger partial charge in [0.1, 0.15) is 30.3 Å². The first-order chi connectivity index (χ1) is 24.2. The van der Waals surface area contributed by atoms with Crippen molar-refractivity contribution in [3.05, 3.63) is 0 Å². The van der Waals surface area contributed by atoms with E-state index in [0.29, 0.717) is 0 Å². The number of aliphatic hydroxyl groups is 1. The summed E-state index contributed by atoms with van der Waals surface area (Å²) < 4.78 is 16.3. The third-order valence-electron chi connectivity index (χ3n) is 8.14. The van der Waals surface area contributed by atoms with Gasteiger partial charge in [-0.25, -0.2) is 19.2 Å². The summed E-state index contributed by atoms with van der Waals surface area (Å²) in [5.41, 5.74) is 0. The largest absolute Gasteiger partial charge is 0.480 e. The molecule has 0 saturated heterocycles. The van der Waals surface area contributed by atoms with Gasteiger partial charge < -0.3 is 45.7 Å². The fourth-order valence-electron chi connectivity index (χ4n) is 4.70. The monoisotopic (exact) mass is 758 g/mol. The maximum atomic E-state index is 13.4. The molecule has 0 bridgehead atoms. The molecule has 0 aliphatic carbocycles. The molecule has 6 N–H and O–H groups in total. The van der Waals surface area contributed by atoms with Crippen LogP contribution in [-0.2, 0) is 52.6 Å². The minimum Gasteiger partial charge on any atom is -0.480 e. The maximum Gasteiger partial charge on any atom is 0.329 e. The molecule has 304 valence electrons. The van der Waals surface area contributed by atoms with Crippen LogP contribution in [0.4, 0.5) is 0 Å². The van der Waals surface area contributed by atoms with Crippen LogP contribution in [0.15, 0.2) is 0 Å². The average molecular weight is 759 g/mol. The quantitative estimate of drug-likeness (QED) is 0.0709. The highest BCUT2D eigenvalue weighted by Crippen LogP contribution is 2.16. The SMILES string of the molecule is CC(O)C(=O)NC(C(=O)OC(C(=O)NC(C(=O)OC(C)C(=O)NC(C(=O)OC(C(=O)NC(C(=O)O)C(C)C)C(C)C)C(C)C)C(C)C)C(C)C)C(C)C. The lowest BCUT2D eigenvalue weighted by Crippen LogP contribution is -2.55. The van der Waals surface area contributed by atoms with Crippen LogP contribution in [0.1, 0.15) is 96.9 Å². The Hall–Kier alpha value is -4.28. The number of carboxylic acid groups (broad SMARTS) is 1. The Morgan fingerprint density at radius 3 is 0.962 bits per heavy atom. The summed E-state index contributed by atoms with van der Waals surface area (Å²) in [4.78, 5) is 103. The van der Waals surface area contributed by atoms with E-state index in [1.807, 2.05) is 0 Å². The third kappa shape index (κ3) is 15.7. The van der Waals surface area contributed by atoms with Crippen molar-refractivity contribution < 1.29 is 62.8 Å². The predicted molar refractivity (Wildman–Crippen MR) is 191 cm³/mol. The number of hydrogen-bond donors (Lipinski definition) is 6. The number of hydrogen-bond acceptors (Lipinski definition) is 12. The molecular formula is C36H62N4O13. The second-order valence-electron chi connectivity index (χ2n) is 15.2. The van der Waals surface area contributed by atoms with E-state index in [1.165, 1.54) is 13.8 Å². The molecule has 0 rings (SSSR count). The van der Waals surface area contributed by atoms with E-state index in [0.717, 1.165) is 0 Å². The van der Waals surface area contributed by atoms with E-state index in [4.69, 9.17) is 14.2 Å². The number of nitrogens with one attached hydrogen (secondary N) is 4. The van der Waals surface area contributed by atoms with Gasteiger partial charge in [0.05, 0.1) is 0 Å². The van der Waals surface area contributed by atoms with Crippen LogP contribution in [0.5, 0.6) is 0 Å². The minimum absolute atomic E-state index is 0.454. The van der Waals surface area contributed by atoms with Gasteiger partial charge in [-0.05, 0) is 49.4 Å². The van der Waals surface area contributed by atoms with Gasteiger partial charge in [0.2, 0.25) is 5.91 Å². The predicted octanol–water partition coefficient (Wildman–Crippen LogP) is 1.08. The van der Waals surface area contributed by atoms with Crippen molar-refractivity contribution in [1.29, 1.82) is 0 Å². The number of aliphatic hydroxyl groups excluding tert-OH is 1. The van der Waals surface area contributed by atoms with Crippen LogP contribution in [0.25, 0.3) is 0 Å². The molecule has 17 nitrogen and oxygen atoms in total. The minimum atomic E-state index is -1.47. The van der Waals surface area contributed by atoms with Gasteiger partial charge >= 0.3 is 23.9 Å². The first-order valence-corrected chi connectivity index (χ1v) is 18.0. The average Bonchev–Trinajstić information content (AvgIpc) is 3.02. The lowest BCUT2D eigenvalue weighted by molar-refractivity contribution is -0.166. The van der Waals surface area contributed by atoms with E-state index in [-0.39, 0.29) is 0 Å². The van der Waals surface area contributed by atoms with E-state index >= 15 is 0 Å². The number of rotatable bonds is 21. The molecule has 17 heteroatoms.